The molecule has 1 aromatic rings. The number of nitroso groups, excluding NO2 is 1. The van der Waals surface area contributed by atoms with E-state index in [0.717, 1.165) is 0 Å². The number of imidazole rings is 1. The summed E-state index contributed by atoms with van der Waals surface area (Å²) in [6.07, 6.45) is 1.34. The molecule has 0 fully saturated rings. The highest BCUT2D eigenvalue weighted by molar-refractivity contribution is 5.94. The first-order valence-electron chi connectivity index (χ1n) is 4.68. The Balaban J connectivity index is 0.000000459. The van der Waals surface area contributed by atoms with E-state index >= 15 is 0 Å². The average Bonchev–Trinajstić information content (AvgIpc) is 2.75. The molecule has 1 rings (SSSR count). The summed E-state index contributed by atoms with van der Waals surface area (Å²) >= 11 is 0. The van der Waals surface area contributed by atoms with Gasteiger partial charge in [-0.1, -0.05) is 5.22 Å². The number of amides is 3. The molecule has 3 amide bonds. The van der Waals surface area contributed by atoms with Crippen molar-refractivity contribution in [2.75, 3.05) is 14.1 Å². The molecule has 12 heteroatoms. The highest BCUT2D eigenvalue weighted by atomic mass is 16.3. The molecule has 104 valence electrons. The number of urea groups is 1. The number of aromatic nitrogens is 2. The number of hydrogen-bond donors (Lipinski definition) is 4. The predicted octanol–water partition coefficient (Wildman–Crippen LogP) is -0.595. The zero-order chi connectivity index (χ0) is 14.8. The Morgan fingerprint density at radius 1 is 1.42 bits per heavy atom. The van der Waals surface area contributed by atoms with Crippen molar-refractivity contribution in [3.8, 4) is 0 Å². The fraction of sp³-hybridized carbons (Fsp3) is 0.286. The third-order valence-electron chi connectivity index (χ3n) is 1.34. The number of nitrogens with two attached hydrogens (primary N) is 2. The topological polar surface area (TPSA) is 184 Å². The molecule has 0 spiro atoms. The molecule has 6 N–H and O–H groups in total. The maximum absolute atomic E-state index is 10.8. The zero-order valence-electron chi connectivity index (χ0n) is 10.2. The van der Waals surface area contributed by atoms with E-state index in [1.165, 1.54) is 16.8 Å². The van der Waals surface area contributed by atoms with Crippen LogP contribution in [0.3, 0.4) is 0 Å². The van der Waals surface area contributed by atoms with Crippen LogP contribution in [0.5, 0.6) is 0 Å². The number of hydrogen-bond acceptors (Lipinski definition) is 7. The van der Waals surface area contributed by atoms with E-state index in [-0.39, 0.29) is 11.5 Å². The highest BCUT2D eigenvalue weighted by Gasteiger charge is 2.09. The molecule has 0 bridgehead atoms. The second-order valence-corrected chi connectivity index (χ2v) is 3.07. The lowest BCUT2D eigenvalue weighted by molar-refractivity contribution is 0.0996. The highest BCUT2D eigenvalue weighted by Crippen LogP contribution is 2.12. The van der Waals surface area contributed by atoms with Crippen LogP contribution in [-0.2, 0) is 0 Å². The molecular weight excluding hydrogens is 258 g/mol. The Kier molecular flexibility index (Phi) is 6.80. The Morgan fingerprint density at radius 2 is 2.05 bits per heavy atom. The van der Waals surface area contributed by atoms with E-state index in [9.17, 15) is 9.59 Å². The summed E-state index contributed by atoms with van der Waals surface area (Å²) < 4.78 is 0. The van der Waals surface area contributed by atoms with Crippen molar-refractivity contribution in [1.82, 2.24) is 20.4 Å². The molecule has 1 aromatic heterocycles. The molecule has 0 aliphatic heterocycles. The Hall–Kier alpha value is -3.05. The lowest BCUT2D eigenvalue weighted by Gasteiger charge is -1.98. The summed E-state index contributed by atoms with van der Waals surface area (Å²) in [5.74, 6) is -0.411. The maximum atomic E-state index is 10.8. The molecule has 0 aliphatic carbocycles. The van der Waals surface area contributed by atoms with Crippen LogP contribution in [0.2, 0.25) is 0 Å². The van der Waals surface area contributed by atoms with Crippen molar-refractivity contribution in [2.24, 2.45) is 27.1 Å². The lowest BCUT2D eigenvalue weighted by atomic mass is 10.4. The van der Waals surface area contributed by atoms with Crippen molar-refractivity contribution >= 4 is 17.8 Å². The van der Waals surface area contributed by atoms with Crippen LogP contribution < -0.4 is 16.9 Å². The van der Waals surface area contributed by atoms with Gasteiger partial charge in [-0.2, -0.15) is 5.43 Å². The van der Waals surface area contributed by atoms with Crippen LogP contribution in [0.1, 0.15) is 10.5 Å². The first-order valence-corrected chi connectivity index (χ1v) is 4.68. The van der Waals surface area contributed by atoms with E-state index in [1.54, 1.807) is 14.1 Å². The van der Waals surface area contributed by atoms with Gasteiger partial charge in [0.15, 0.2) is 5.69 Å². The summed E-state index contributed by atoms with van der Waals surface area (Å²) in [4.78, 5) is 35.5. The monoisotopic (exact) mass is 271 g/mol. The van der Waals surface area contributed by atoms with E-state index in [1.807, 2.05) is 5.29 Å². The smallest absolute Gasteiger partial charge is 0.335 e. The number of rotatable bonds is 4. The minimum Gasteiger partial charge on any atom is -0.364 e. The summed E-state index contributed by atoms with van der Waals surface area (Å²) in [5, 5.41) is 10.8. The van der Waals surface area contributed by atoms with E-state index in [4.69, 9.17) is 10.6 Å². The van der Waals surface area contributed by atoms with Crippen LogP contribution in [-0.4, -0.2) is 41.0 Å². The minimum absolute atomic E-state index is 0.158. The molecule has 0 saturated carbocycles. The predicted molar refractivity (Wildman–Crippen MR) is 63.8 cm³/mol. The Morgan fingerprint density at radius 3 is 2.42 bits per heavy atom. The third kappa shape index (κ3) is 6.98. The van der Waals surface area contributed by atoms with Gasteiger partial charge in [-0.25, -0.2) is 9.78 Å². The van der Waals surface area contributed by atoms with E-state index < -0.39 is 11.9 Å². The number of nitrogens with zero attached hydrogens (tertiary/aromatic N) is 5. The summed E-state index contributed by atoms with van der Waals surface area (Å²) in [6, 6.07) is -0.940. The van der Waals surface area contributed by atoms with Gasteiger partial charge < -0.3 is 16.5 Å². The zero-order valence-corrected chi connectivity index (χ0v) is 10.2. The molecule has 19 heavy (non-hydrogen) atoms. The van der Waals surface area contributed by atoms with Crippen molar-refractivity contribution in [2.45, 2.75) is 0 Å². The van der Waals surface area contributed by atoms with Gasteiger partial charge in [0.25, 0.3) is 5.91 Å². The van der Waals surface area contributed by atoms with Crippen molar-refractivity contribution in [1.29, 1.82) is 0 Å². The summed E-state index contributed by atoms with van der Waals surface area (Å²) in [6.45, 7) is 0. The molecule has 12 nitrogen and oxygen atoms in total. The van der Waals surface area contributed by atoms with Gasteiger partial charge in [-0.3, -0.25) is 9.80 Å². The average molecular weight is 271 g/mol. The minimum atomic E-state index is -0.940. The van der Waals surface area contributed by atoms with Crippen LogP contribution in [0.15, 0.2) is 22.0 Å². The Labute approximate surface area is 107 Å². The van der Waals surface area contributed by atoms with Gasteiger partial charge in [0.05, 0.1) is 11.6 Å². The molecular formula is C7H13N9O3. The Bertz CT molecular complexity index is 466. The molecule has 0 aromatic carbocycles. The van der Waals surface area contributed by atoms with E-state index in [0.29, 0.717) is 0 Å². The van der Waals surface area contributed by atoms with Gasteiger partial charge in [0, 0.05) is 14.1 Å². The molecule has 0 unspecified atom stereocenters. The number of carbonyl (C=O) groups excluding carboxylic acids is 2. The van der Waals surface area contributed by atoms with Gasteiger partial charge in [-0.05, 0) is 0 Å². The van der Waals surface area contributed by atoms with Crippen LogP contribution in [0.4, 0.5) is 10.6 Å². The fourth-order valence-electron chi connectivity index (χ4n) is 0.721. The molecule has 1 heterocycles. The van der Waals surface area contributed by atoms with Crippen LogP contribution in [0.25, 0.3) is 0 Å². The second-order valence-electron chi connectivity index (χ2n) is 3.07. The van der Waals surface area contributed by atoms with Gasteiger partial charge >= 0.3 is 6.03 Å². The van der Waals surface area contributed by atoms with Gasteiger partial charge in [0.1, 0.15) is 0 Å². The standard InChI is InChI=1S/C6H10N6O.CH3N3O2/c1-12(2)11-10-6-4(5(7)13)8-3-9-6;2-1(5)3-4-6/h3H,1-2H3,(H2,7,13)(H,8,9);(H3,2,3,5,6). The third-order valence-corrected chi connectivity index (χ3v) is 1.34. The SMILES string of the molecule is CN(C)N=Nc1nc[nH]c1C(N)=O.NC(=O)NN=O. The number of aromatic amines is 1. The number of primary amides is 2. The number of carbonyl (C=O) groups is 2. The normalized spacial score (nSPS) is 9.37. The first-order chi connectivity index (χ1) is 8.88. The lowest BCUT2D eigenvalue weighted by Crippen LogP contribution is -2.23. The molecule has 0 atom stereocenters. The van der Waals surface area contributed by atoms with Crippen molar-refractivity contribution in [3.63, 3.8) is 0 Å². The van der Waals surface area contributed by atoms with Crippen LogP contribution in [0, 0.1) is 4.91 Å². The largest absolute Gasteiger partial charge is 0.364 e. The second kappa shape index (κ2) is 8.10. The van der Waals surface area contributed by atoms with E-state index in [2.05, 4.69) is 26.0 Å². The number of H-pyrrole nitrogens is 1. The van der Waals surface area contributed by atoms with Crippen molar-refractivity contribution in [3.05, 3.63) is 16.9 Å². The quantitative estimate of drug-likeness (QED) is 0.323. The van der Waals surface area contributed by atoms with Gasteiger partial charge in [-0.15, -0.1) is 10.0 Å². The fourth-order valence-corrected chi connectivity index (χ4v) is 0.721. The molecule has 0 radical (unpaired) electrons. The van der Waals surface area contributed by atoms with Crippen LogP contribution >= 0.6 is 0 Å². The maximum Gasteiger partial charge on any atom is 0.335 e. The molecule has 0 aliphatic rings. The first kappa shape index (κ1) is 16.0. The summed E-state index contributed by atoms with van der Waals surface area (Å²) in [5.41, 5.74) is 11.0. The molecule has 0 saturated heterocycles. The number of nitrogens with one attached hydrogen (secondary N) is 2. The summed E-state index contributed by atoms with van der Waals surface area (Å²) in [7, 11) is 3.42. The van der Waals surface area contributed by atoms with Gasteiger partial charge in [0.2, 0.25) is 5.82 Å². The van der Waals surface area contributed by atoms with Crippen molar-refractivity contribution < 1.29 is 9.59 Å².